The maximum absolute atomic E-state index is 8.88. The Morgan fingerprint density at radius 3 is 2.06 bits per heavy atom. The molecule has 0 saturated carbocycles. The summed E-state index contributed by atoms with van der Waals surface area (Å²) in [7, 11) is 4.08. The van der Waals surface area contributed by atoms with Crippen LogP contribution in [-0.2, 0) is 0 Å². The summed E-state index contributed by atoms with van der Waals surface area (Å²) in [5, 5.41) is 17.8. The molecule has 1 rings (SSSR count). The van der Waals surface area contributed by atoms with Crippen molar-refractivity contribution in [2.45, 2.75) is 13.8 Å². The predicted octanol–water partition coefficient (Wildman–Crippen LogP) is 2.01. The normalized spacial score (nSPS) is 14.8. The fraction of sp³-hybridized carbons (Fsp3) is 0.429. The topological polar surface area (TPSA) is 54.1 Å². The monoisotopic (exact) mass is 242 g/mol. The van der Waals surface area contributed by atoms with Crippen LogP contribution in [0.4, 0.5) is 0 Å². The molecular weight excluding hydrogens is 224 g/mol. The van der Waals surface area contributed by atoms with Crippen LogP contribution >= 0.6 is 0 Å². The molecule has 4 nitrogen and oxygen atoms in total. The van der Waals surface area contributed by atoms with Crippen molar-refractivity contribution in [3.05, 3.63) is 34.7 Å². The van der Waals surface area contributed by atoms with Crippen molar-refractivity contribution < 1.29 is 0 Å². The Kier molecular flexibility index (Phi) is 4.71. The minimum atomic E-state index is 0.168. The van der Waals surface area contributed by atoms with Gasteiger partial charge in [0.1, 0.15) is 17.7 Å². The van der Waals surface area contributed by atoms with Crippen molar-refractivity contribution in [2.75, 3.05) is 27.2 Å². The summed E-state index contributed by atoms with van der Waals surface area (Å²) in [5.41, 5.74) is 3.00. The van der Waals surface area contributed by atoms with Crippen LogP contribution in [0, 0.1) is 22.7 Å². The third kappa shape index (κ3) is 3.23. The number of nitrogens with zero attached hydrogens (tertiary/aromatic N) is 4. The van der Waals surface area contributed by atoms with E-state index in [9.17, 15) is 0 Å². The van der Waals surface area contributed by atoms with E-state index in [0.717, 1.165) is 24.5 Å². The highest BCUT2D eigenvalue weighted by Crippen LogP contribution is 2.24. The lowest BCUT2D eigenvalue weighted by atomic mass is 10.0. The molecule has 0 aromatic carbocycles. The Bertz CT molecular complexity index is 457. The first-order chi connectivity index (χ1) is 8.49. The summed E-state index contributed by atoms with van der Waals surface area (Å²) in [6.07, 6.45) is 3.79. The molecule has 0 fully saturated rings. The number of rotatable bonds is 3. The first-order valence-electron chi connectivity index (χ1n) is 5.83. The average Bonchev–Trinajstić information content (AvgIpc) is 2.29. The minimum Gasteiger partial charge on any atom is -0.348 e. The zero-order valence-electron chi connectivity index (χ0n) is 11.4. The van der Waals surface area contributed by atoms with Gasteiger partial charge in [0.25, 0.3) is 0 Å². The van der Waals surface area contributed by atoms with Gasteiger partial charge in [0.2, 0.25) is 0 Å². The van der Waals surface area contributed by atoms with Gasteiger partial charge < -0.3 is 9.80 Å². The molecule has 0 aromatic heterocycles. The first kappa shape index (κ1) is 14.0. The second-order valence-corrected chi connectivity index (χ2v) is 4.58. The molecule has 0 radical (unpaired) electrons. The first-order valence-corrected chi connectivity index (χ1v) is 5.83. The second kappa shape index (κ2) is 6.05. The smallest absolute Gasteiger partial charge is 0.137 e. The van der Waals surface area contributed by atoms with Gasteiger partial charge in [0.15, 0.2) is 0 Å². The highest BCUT2D eigenvalue weighted by molar-refractivity contribution is 5.53. The van der Waals surface area contributed by atoms with Gasteiger partial charge in [-0.25, -0.2) is 0 Å². The van der Waals surface area contributed by atoms with Crippen LogP contribution in [0.3, 0.4) is 0 Å². The Morgan fingerprint density at radius 2 is 1.67 bits per heavy atom. The van der Waals surface area contributed by atoms with E-state index >= 15 is 0 Å². The highest BCUT2D eigenvalue weighted by Gasteiger charge is 2.15. The molecule has 1 aliphatic heterocycles. The van der Waals surface area contributed by atoms with Gasteiger partial charge in [-0.05, 0) is 40.1 Å². The molecular formula is C14H18N4. The molecule has 0 unspecified atom stereocenters. The molecule has 0 aromatic rings. The van der Waals surface area contributed by atoms with Crippen molar-refractivity contribution in [1.82, 2.24) is 9.80 Å². The average molecular weight is 242 g/mol. The van der Waals surface area contributed by atoms with Crippen molar-refractivity contribution in [2.24, 2.45) is 0 Å². The number of hydrogen-bond donors (Lipinski definition) is 0. The van der Waals surface area contributed by atoms with Crippen LogP contribution in [0.2, 0.25) is 0 Å². The number of nitriles is 2. The Balaban J connectivity index is 2.99. The predicted molar refractivity (Wildman–Crippen MR) is 71.0 cm³/mol. The van der Waals surface area contributed by atoms with Crippen LogP contribution in [0.25, 0.3) is 0 Å². The third-order valence-electron chi connectivity index (χ3n) is 2.86. The summed E-state index contributed by atoms with van der Waals surface area (Å²) in [4.78, 5) is 4.32. The van der Waals surface area contributed by atoms with E-state index in [1.807, 2.05) is 52.2 Å². The van der Waals surface area contributed by atoms with E-state index in [2.05, 4.69) is 9.80 Å². The van der Waals surface area contributed by atoms with Crippen LogP contribution in [-0.4, -0.2) is 37.0 Å². The van der Waals surface area contributed by atoms with Crippen LogP contribution in [0.1, 0.15) is 13.8 Å². The Labute approximate surface area is 109 Å². The van der Waals surface area contributed by atoms with Gasteiger partial charge in [0, 0.05) is 30.1 Å². The summed E-state index contributed by atoms with van der Waals surface area (Å²) >= 11 is 0. The van der Waals surface area contributed by atoms with Gasteiger partial charge in [-0.2, -0.15) is 10.5 Å². The van der Waals surface area contributed by atoms with Crippen LogP contribution in [0.15, 0.2) is 34.7 Å². The standard InChI is InChI=1S/C14H18N4/c1-11-7-13(14(9-15)10-16)8-12(2)18(11)6-5-17(3)4/h7-8H,5-6H2,1-4H3. The number of likely N-dealkylation sites (N-methyl/N-ethyl adjacent to an activating group) is 1. The van der Waals surface area contributed by atoms with Gasteiger partial charge in [-0.3, -0.25) is 0 Å². The SMILES string of the molecule is CC1=CC(=C(C#N)C#N)C=C(C)N1CCN(C)C. The molecule has 0 aliphatic carbocycles. The summed E-state index contributed by atoms with van der Waals surface area (Å²) in [5.74, 6) is 0. The van der Waals surface area contributed by atoms with Gasteiger partial charge in [0.05, 0.1) is 0 Å². The lowest BCUT2D eigenvalue weighted by molar-refractivity contribution is 0.329. The molecule has 4 heteroatoms. The third-order valence-corrected chi connectivity index (χ3v) is 2.86. The Hall–Kier alpha value is -2.04. The zero-order chi connectivity index (χ0) is 13.7. The summed E-state index contributed by atoms with van der Waals surface area (Å²) in [6, 6.07) is 3.86. The van der Waals surface area contributed by atoms with Gasteiger partial charge >= 0.3 is 0 Å². The molecule has 1 aliphatic rings. The van der Waals surface area contributed by atoms with Crippen LogP contribution < -0.4 is 0 Å². The quantitative estimate of drug-likeness (QED) is 0.710. The van der Waals surface area contributed by atoms with E-state index < -0.39 is 0 Å². The maximum Gasteiger partial charge on any atom is 0.137 e. The van der Waals surface area contributed by atoms with Crippen molar-refractivity contribution >= 4 is 0 Å². The fourth-order valence-corrected chi connectivity index (χ4v) is 1.88. The molecule has 18 heavy (non-hydrogen) atoms. The molecule has 0 bridgehead atoms. The number of hydrogen-bond acceptors (Lipinski definition) is 4. The summed E-state index contributed by atoms with van der Waals surface area (Å²) in [6.45, 7) is 5.86. The molecule has 0 N–H and O–H groups in total. The van der Waals surface area contributed by atoms with E-state index in [-0.39, 0.29) is 5.57 Å². The molecule has 0 amide bonds. The lowest BCUT2D eigenvalue weighted by Gasteiger charge is -2.30. The van der Waals surface area contributed by atoms with E-state index in [4.69, 9.17) is 10.5 Å². The highest BCUT2D eigenvalue weighted by atomic mass is 15.2. The molecule has 94 valence electrons. The van der Waals surface area contributed by atoms with Gasteiger partial charge in [-0.1, -0.05) is 0 Å². The van der Waals surface area contributed by atoms with Gasteiger partial charge in [-0.15, -0.1) is 0 Å². The zero-order valence-corrected chi connectivity index (χ0v) is 11.4. The van der Waals surface area contributed by atoms with Crippen LogP contribution in [0.5, 0.6) is 0 Å². The fourth-order valence-electron chi connectivity index (χ4n) is 1.88. The van der Waals surface area contributed by atoms with Crippen molar-refractivity contribution in [3.63, 3.8) is 0 Å². The van der Waals surface area contributed by atoms with Crippen molar-refractivity contribution in [1.29, 1.82) is 10.5 Å². The molecule has 0 spiro atoms. The minimum absolute atomic E-state index is 0.168. The van der Waals surface area contributed by atoms with E-state index in [1.54, 1.807) is 0 Å². The second-order valence-electron chi connectivity index (χ2n) is 4.58. The molecule has 0 atom stereocenters. The molecule has 0 saturated heterocycles. The largest absolute Gasteiger partial charge is 0.348 e. The summed E-state index contributed by atoms with van der Waals surface area (Å²) < 4.78 is 0. The Morgan fingerprint density at radius 1 is 1.17 bits per heavy atom. The molecule has 1 heterocycles. The maximum atomic E-state index is 8.88. The lowest BCUT2D eigenvalue weighted by Crippen LogP contribution is -2.30. The van der Waals surface area contributed by atoms with E-state index in [1.165, 1.54) is 0 Å². The van der Waals surface area contributed by atoms with E-state index in [0.29, 0.717) is 5.57 Å². The number of allylic oxidation sites excluding steroid dienone is 6. The van der Waals surface area contributed by atoms with Crippen molar-refractivity contribution in [3.8, 4) is 12.1 Å².